The third kappa shape index (κ3) is 1.65. The molecule has 1 aliphatic carbocycles. The smallest absolute Gasteiger partial charge is 0.0556 e. The molecule has 0 fully saturated rings. The van der Waals surface area contributed by atoms with Gasteiger partial charge in [-0.05, 0) is 25.7 Å². The minimum absolute atomic E-state index is 0.415. The Morgan fingerprint density at radius 2 is 1.80 bits per heavy atom. The zero-order chi connectivity index (χ0) is 11.0. The van der Waals surface area contributed by atoms with Crippen LogP contribution in [0.2, 0.25) is 0 Å². The van der Waals surface area contributed by atoms with Gasteiger partial charge in [0, 0.05) is 25.3 Å². The van der Waals surface area contributed by atoms with Gasteiger partial charge in [-0.1, -0.05) is 24.3 Å². The Bertz CT molecular complexity index is 392. The highest BCUT2D eigenvalue weighted by molar-refractivity contribution is 5.71. The molecule has 0 saturated heterocycles. The highest BCUT2D eigenvalue weighted by atomic mass is 15.1. The Morgan fingerprint density at radius 1 is 1.07 bits per heavy atom. The first-order chi connectivity index (χ1) is 7.11. The molecule has 2 heteroatoms. The lowest BCUT2D eigenvalue weighted by Crippen LogP contribution is -2.20. The van der Waals surface area contributed by atoms with Crippen LogP contribution in [0.25, 0.3) is 6.08 Å². The summed E-state index contributed by atoms with van der Waals surface area (Å²) in [4.78, 5) is 4.43. The van der Waals surface area contributed by atoms with Gasteiger partial charge in [0.15, 0.2) is 0 Å². The standard InChI is InChI=1S/C13H18N2/c1-14(2)11-7-5-6-10-8-9-12(13(10)11)15(3)4/h5-9,12H,1-4H3. The monoisotopic (exact) mass is 202 g/mol. The largest absolute Gasteiger partial charge is 0.377 e. The second-order valence-electron chi connectivity index (χ2n) is 4.44. The number of benzene rings is 1. The van der Waals surface area contributed by atoms with Crippen LogP contribution in [-0.2, 0) is 0 Å². The van der Waals surface area contributed by atoms with Crippen LogP contribution < -0.4 is 4.90 Å². The van der Waals surface area contributed by atoms with E-state index in [2.05, 4.69) is 68.3 Å². The van der Waals surface area contributed by atoms with E-state index in [1.54, 1.807) is 0 Å². The molecule has 1 aromatic rings. The average molecular weight is 202 g/mol. The Balaban J connectivity index is 2.52. The van der Waals surface area contributed by atoms with Crippen molar-refractivity contribution in [3.8, 4) is 0 Å². The summed E-state index contributed by atoms with van der Waals surface area (Å²) in [5.74, 6) is 0. The molecule has 80 valence electrons. The van der Waals surface area contributed by atoms with E-state index in [-0.39, 0.29) is 0 Å². The fourth-order valence-electron chi connectivity index (χ4n) is 2.15. The molecule has 1 aliphatic rings. The summed E-state index contributed by atoms with van der Waals surface area (Å²) in [6.45, 7) is 0. The maximum absolute atomic E-state index is 2.26. The van der Waals surface area contributed by atoms with Crippen molar-refractivity contribution in [3.63, 3.8) is 0 Å². The Hall–Kier alpha value is -1.28. The van der Waals surface area contributed by atoms with Gasteiger partial charge < -0.3 is 4.90 Å². The van der Waals surface area contributed by atoms with Crippen molar-refractivity contribution in [1.82, 2.24) is 4.90 Å². The lowest BCUT2D eigenvalue weighted by Gasteiger charge is -2.25. The summed E-state index contributed by atoms with van der Waals surface area (Å²) in [6, 6.07) is 6.90. The lowest BCUT2D eigenvalue weighted by atomic mass is 10.0. The van der Waals surface area contributed by atoms with E-state index in [1.807, 2.05) is 0 Å². The fraction of sp³-hybridized carbons (Fsp3) is 0.385. The molecule has 15 heavy (non-hydrogen) atoms. The molecule has 0 spiro atoms. The van der Waals surface area contributed by atoms with E-state index in [4.69, 9.17) is 0 Å². The Labute approximate surface area is 91.8 Å². The van der Waals surface area contributed by atoms with Gasteiger partial charge in [0.05, 0.1) is 6.04 Å². The second kappa shape index (κ2) is 3.70. The van der Waals surface area contributed by atoms with Gasteiger partial charge >= 0.3 is 0 Å². The molecule has 1 atom stereocenters. The summed E-state index contributed by atoms with van der Waals surface area (Å²) < 4.78 is 0. The van der Waals surface area contributed by atoms with Gasteiger partial charge in [0.25, 0.3) is 0 Å². The van der Waals surface area contributed by atoms with E-state index in [0.717, 1.165) is 0 Å². The quantitative estimate of drug-likeness (QED) is 0.726. The molecular formula is C13H18N2. The highest BCUT2D eigenvalue weighted by Crippen LogP contribution is 2.37. The molecule has 0 N–H and O–H groups in total. The van der Waals surface area contributed by atoms with Gasteiger partial charge in [0.2, 0.25) is 0 Å². The van der Waals surface area contributed by atoms with Crippen molar-refractivity contribution in [1.29, 1.82) is 0 Å². The van der Waals surface area contributed by atoms with Crippen LogP contribution in [0.4, 0.5) is 5.69 Å². The molecule has 2 nitrogen and oxygen atoms in total. The number of rotatable bonds is 2. The first-order valence-electron chi connectivity index (χ1n) is 5.26. The van der Waals surface area contributed by atoms with E-state index in [0.29, 0.717) is 6.04 Å². The number of nitrogens with zero attached hydrogens (tertiary/aromatic N) is 2. The molecule has 0 heterocycles. The Morgan fingerprint density at radius 3 is 2.40 bits per heavy atom. The fourth-order valence-corrected chi connectivity index (χ4v) is 2.15. The second-order valence-corrected chi connectivity index (χ2v) is 4.44. The third-order valence-corrected chi connectivity index (χ3v) is 2.91. The molecule has 0 radical (unpaired) electrons. The van der Waals surface area contributed by atoms with Crippen LogP contribution >= 0.6 is 0 Å². The molecule has 2 rings (SSSR count). The molecular weight excluding hydrogens is 184 g/mol. The van der Waals surface area contributed by atoms with Gasteiger partial charge in [-0.15, -0.1) is 0 Å². The lowest BCUT2D eigenvalue weighted by molar-refractivity contribution is 0.355. The van der Waals surface area contributed by atoms with E-state index < -0.39 is 0 Å². The van der Waals surface area contributed by atoms with E-state index >= 15 is 0 Å². The van der Waals surface area contributed by atoms with Crippen molar-refractivity contribution in [2.45, 2.75) is 6.04 Å². The molecule has 0 amide bonds. The number of fused-ring (bicyclic) bond motifs is 1. The van der Waals surface area contributed by atoms with Crippen LogP contribution in [-0.4, -0.2) is 33.1 Å². The summed E-state index contributed by atoms with van der Waals surface area (Å²) in [7, 11) is 8.44. The number of hydrogen-bond acceptors (Lipinski definition) is 2. The molecule has 0 saturated carbocycles. The van der Waals surface area contributed by atoms with Crippen LogP contribution in [0.1, 0.15) is 17.2 Å². The molecule has 1 unspecified atom stereocenters. The normalized spacial score (nSPS) is 18.3. The molecule has 1 aromatic carbocycles. The first-order valence-corrected chi connectivity index (χ1v) is 5.26. The van der Waals surface area contributed by atoms with Crippen LogP contribution in [0, 0.1) is 0 Å². The SMILES string of the molecule is CN(C)c1cccc2c1C(N(C)C)C=C2. The molecule has 0 bridgehead atoms. The predicted octanol–water partition coefficient (Wildman–Crippen LogP) is 2.38. The van der Waals surface area contributed by atoms with Gasteiger partial charge in [-0.2, -0.15) is 0 Å². The Kier molecular flexibility index (Phi) is 2.53. The van der Waals surface area contributed by atoms with E-state index in [9.17, 15) is 0 Å². The first kappa shape index (κ1) is 10.2. The van der Waals surface area contributed by atoms with Crippen molar-refractivity contribution in [2.24, 2.45) is 0 Å². The highest BCUT2D eigenvalue weighted by Gasteiger charge is 2.22. The minimum atomic E-state index is 0.415. The number of anilines is 1. The molecule has 0 aromatic heterocycles. The third-order valence-electron chi connectivity index (χ3n) is 2.91. The summed E-state index contributed by atoms with van der Waals surface area (Å²) >= 11 is 0. The zero-order valence-corrected chi connectivity index (χ0v) is 9.86. The van der Waals surface area contributed by atoms with Crippen molar-refractivity contribution in [3.05, 3.63) is 35.4 Å². The van der Waals surface area contributed by atoms with Gasteiger partial charge in [-0.25, -0.2) is 0 Å². The zero-order valence-electron chi connectivity index (χ0n) is 9.86. The maximum atomic E-state index is 2.26. The number of likely N-dealkylation sites (N-methyl/N-ethyl adjacent to an activating group) is 1. The maximum Gasteiger partial charge on any atom is 0.0556 e. The predicted molar refractivity (Wildman–Crippen MR) is 66.2 cm³/mol. The van der Waals surface area contributed by atoms with Crippen LogP contribution in [0.15, 0.2) is 24.3 Å². The molecule has 0 aliphatic heterocycles. The average Bonchev–Trinajstić information content (AvgIpc) is 2.60. The summed E-state index contributed by atoms with van der Waals surface area (Å²) in [6.07, 6.45) is 4.48. The summed E-state index contributed by atoms with van der Waals surface area (Å²) in [5.41, 5.74) is 4.09. The van der Waals surface area contributed by atoms with Gasteiger partial charge in [-0.3, -0.25) is 4.90 Å². The van der Waals surface area contributed by atoms with Crippen LogP contribution in [0.3, 0.4) is 0 Å². The van der Waals surface area contributed by atoms with Crippen LogP contribution in [0.5, 0.6) is 0 Å². The van der Waals surface area contributed by atoms with E-state index in [1.165, 1.54) is 16.8 Å². The summed E-state index contributed by atoms with van der Waals surface area (Å²) in [5, 5.41) is 0. The topological polar surface area (TPSA) is 6.48 Å². The van der Waals surface area contributed by atoms with Crippen molar-refractivity contribution in [2.75, 3.05) is 33.1 Å². The number of hydrogen-bond donors (Lipinski definition) is 0. The van der Waals surface area contributed by atoms with Crippen molar-refractivity contribution < 1.29 is 0 Å². The van der Waals surface area contributed by atoms with Crippen molar-refractivity contribution >= 4 is 11.8 Å². The van der Waals surface area contributed by atoms with Gasteiger partial charge in [0.1, 0.15) is 0 Å². The minimum Gasteiger partial charge on any atom is -0.377 e.